The Bertz CT molecular complexity index is 275. The number of nitrogens with zero attached hydrogens (tertiary/aromatic N) is 1. The normalized spacial score (nSPS) is 14.5. The van der Waals surface area contributed by atoms with Crippen molar-refractivity contribution < 1.29 is 9.84 Å². The van der Waals surface area contributed by atoms with Crippen LogP contribution in [0, 0.1) is 5.41 Å². The van der Waals surface area contributed by atoms with E-state index < -0.39 is 0 Å². The van der Waals surface area contributed by atoms with Gasteiger partial charge in [0.25, 0.3) is 0 Å². The van der Waals surface area contributed by atoms with Crippen molar-refractivity contribution in [2.45, 2.75) is 26.9 Å². The van der Waals surface area contributed by atoms with Gasteiger partial charge in [0.05, 0.1) is 6.20 Å². The van der Waals surface area contributed by atoms with Crippen LogP contribution in [-0.4, -0.2) is 22.2 Å². The molecule has 0 aliphatic rings. The number of H-pyrrole nitrogens is 1. The van der Waals surface area contributed by atoms with Gasteiger partial charge in [-0.25, -0.2) is 4.98 Å². The number of methoxy groups -OCH3 is 1. The van der Waals surface area contributed by atoms with Crippen molar-refractivity contribution in [3.63, 3.8) is 0 Å². The van der Waals surface area contributed by atoms with Crippen molar-refractivity contribution in [3.05, 3.63) is 12.0 Å². The monoisotopic (exact) mass is 184 g/mol. The number of hydrogen-bond acceptors (Lipinski definition) is 3. The standard InChI is InChI=1S/C9H16N2O2/c1-9(2,3)7(13-4)8-10-5-6(12)11-8/h5,7,12H,1-4H3,(H,10,11). The summed E-state index contributed by atoms with van der Waals surface area (Å²) in [5.74, 6) is 0.730. The number of aromatic hydroxyl groups is 1. The van der Waals surface area contributed by atoms with Crippen molar-refractivity contribution in [3.8, 4) is 5.88 Å². The molecule has 0 saturated carbocycles. The summed E-state index contributed by atoms with van der Waals surface area (Å²) in [5, 5.41) is 9.09. The minimum atomic E-state index is -0.131. The highest BCUT2D eigenvalue weighted by Gasteiger charge is 2.28. The second-order valence-corrected chi connectivity index (χ2v) is 4.14. The van der Waals surface area contributed by atoms with Gasteiger partial charge in [-0.05, 0) is 5.41 Å². The molecule has 74 valence electrons. The first-order valence-electron chi connectivity index (χ1n) is 4.22. The van der Waals surface area contributed by atoms with Crippen molar-refractivity contribution in [2.75, 3.05) is 7.11 Å². The van der Waals surface area contributed by atoms with Crippen LogP contribution in [0.1, 0.15) is 32.7 Å². The Balaban J connectivity index is 2.91. The number of ether oxygens (including phenoxy) is 1. The predicted octanol–water partition coefficient (Wildman–Crippen LogP) is 1.85. The Labute approximate surface area is 78.0 Å². The van der Waals surface area contributed by atoms with Crippen LogP contribution < -0.4 is 0 Å². The molecule has 0 aliphatic carbocycles. The molecular formula is C9H16N2O2. The Morgan fingerprint density at radius 2 is 2.15 bits per heavy atom. The minimum Gasteiger partial charge on any atom is -0.493 e. The van der Waals surface area contributed by atoms with Gasteiger partial charge < -0.3 is 14.8 Å². The molecular weight excluding hydrogens is 168 g/mol. The highest BCUT2D eigenvalue weighted by Crippen LogP contribution is 2.34. The third-order valence-electron chi connectivity index (χ3n) is 1.85. The third kappa shape index (κ3) is 2.21. The maximum absolute atomic E-state index is 9.09. The molecule has 1 atom stereocenters. The molecule has 0 saturated heterocycles. The molecule has 0 bridgehead atoms. The van der Waals surface area contributed by atoms with E-state index >= 15 is 0 Å². The highest BCUT2D eigenvalue weighted by molar-refractivity contribution is 5.08. The van der Waals surface area contributed by atoms with E-state index in [4.69, 9.17) is 9.84 Å². The largest absolute Gasteiger partial charge is 0.493 e. The SMILES string of the molecule is COC(c1ncc(O)[nH]1)C(C)(C)C. The van der Waals surface area contributed by atoms with Gasteiger partial charge in [-0.1, -0.05) is 20.8 Å². The Morgan fingerprint density at radius 3 is 2.46 bits per heavy atom. The summed E-state index contributed by atoms with van der Waals surface area (Å²) in [6.07, 6.45) is 1.25. The fourth-order valence-corrected chi connectivity index (χ4v) is 1.34. The maximum atomic E-state index is 9.09. The van der Waals surface area contributed by atoms with Gasteiger partial charge in [0, 0.05) is 7.11 Å². The number of nitrogens with one attached hydrogen (secondary N) is 1. The van der Waals surface area contributed by atoms with Gasteiger partial charge in [0.1, 0.15) is 11.9 Å². The smallest absolute Gasteiger partial charge is 0.208 e. The average molecular weight is 184 g/mol. The second kappa shape index (κ2) is 3.38. The van der Waals surface area contributed by atoms with E-state index in [0.29, 0.717) is 5.82 Å². The van der Waals surface area contributed by atoms with Crippen LogP contribution in [0.5, 0.6) is 5.88 Å². The lowest BCUT2D eigenvalue weighted by atomic mass is 9.88. The molecule has 0 fully saturated rings. The molecule has 1 heterocycles. The van der Waals surface area contributed by atoms with Crippen LogP contribution in [0.4, 0.5) is 0 Å². The lowest BCUT2D eigenvalue weighted by Gasteiger charge is -2.27. The van der Waals surface area contributed by atoms with Crippen LogP contribution in [-0.2, 0) is 4.74 Å². The third-order valence-corrected chi connectivity index (χ3v) is 1.85. The zero-order chi connectivity index (χ0) is 10.1. The molecule has 1 rings (SSSR count). The van der Waals surface area contributed by atoms with Crippen LogP contribution >= 0.6 is 0 Å². The summed E-state index contributed by atoms with van der Waals surface area (Å²) in [6, 6.07) is 0. The average Bonchev–Trinajstić information content (AvgIpc) is 2.34. The number of rotatable bonds is 2. The van der Waals surface area contributed by atoms with Gasteiger partial charge in [-0.3, -0.25) is 0 Å². The summed E-state index contributed by atoms with van der Waals surface area (Å²) in [7, 11) is 1.63. The summed E-state index contributed by atoms with van der Waals surface area (Å²) >= 11 is 0. The Kier molecular flexibility index (Phi) is 2.61. The van der Waals surface area contributed by atoms with Crippen molar-refractivity contribution in [1.82, 2.24) is 9.97 Å². The lowest BCUT2D eigenvalue weighted by Crippen LogP contribution is -2.21. The Morgan fingerprint density at radius 1 is 1.54 bits per heavy atom. The van der Waals surface area contributed by atoms with Crippen molar-refractivity contribution in [1.29, 1.82) is 0 Å². The fourth-order valence-electron chi connectivity index (χ4n) is 1.34. The molecule has 13 heavy (non-hydrogen) atoms. The van der Waals surface area contributed by atoms with E-state index in [1.807, 2.05) is 0 Å². The fraction of sp³-hybridized carbons (Fsp3) is 0.667. The topological polar surface area (TPSA) is 58.1 Å². The maximum Gasteiger partial charge on any atom is 0.208 e. The molecule has 0 amide bonds. The Hall–Kier alpha value is -1.03. The summed E-state index contributed by atoms with van der Waals surface area (Å²) in [5.41, 5.74) is -0.0426. The summed E-state index contributed by atoms with van der Waals surface area (Å²) in [6.45, 7) is 6.17. The lowest BCUT2D eigenvalue weighted by molar-refractivity contribution is 0.00910. The summed E-state index contributed by atoms with van der Waals surface area (Å²) < 4.78 is 5.31. The summed E-state index contributed by atoms with van der Waals surface area (Å²) in [4.78, 5) is 6.78. The number of hydrogen-bond donors (Lipinski definition) is 2. The van der Waals surface area contributed by atoms with Crippen LogP contribution in [0.3, 0.4) is 0 Å². The predicted molar refractivity (Wildman–Crippen MR) is 49.5 cm³/mol. The number of aromatic amines is 1. The minimum absolute atomic E-state index is 0.0426. The molecule has 4 heteroatoms. The molecule has 2 N–H and O–H groups in total. The zero-order valence-corrected chi connectivity index (χ0v) is 8.46. The van der Waals surface area contributed by atoms with Gasteiger partial charge in [-0.2, -0.15) is 0 Å². The number of aromatic nitrogens is 2. The van der Waals surface area contributed by atoms with E-state index in [1.54, 1.807) is 7.11 Å². The van der Waals surface area contributed by atoms with Gasteiger partial charge >= 0.3 is 0 Å². The highest BCUT2D eigenvalue weighted by atomic mass is 16.5. The van der Waals surface area contributed by atoms with E-state index in [0.717, 1.165) is 0 Å². The van der Waals surface area contributed by atoms with Crippen molar-refractivity contribution in [2.24, 2.45) is 5.41 Å². The van der Waals surface area contributed by atoms with E-state index in [2.05, 4.69) is 30.7 Å². The first kappa shape index (κ1) is 10.1. The molecule has 4 nitrogen and oxygen atoms in total. The second-order valence-electron chi connectivity index (χ2n) is 4.14. The van der Waals surface area contributed by atoms with Crippen LogP contribution in [0.2, 0.25) is 0 Å². The first-order valence-corrected chi connectivity index (χ1v) is 4.22. The van der Waals surface area contributed by atoms with E-state index in [-0.39, 0.29) is 17.4 Å². The molecule has 1 aromatic heterocycles. The molecule has 0 radical (unpaired) electrons. The molecule has 1 aromatic rings. The zero-order valence-electron chi connectivity index (χ0n) is 8.46. The van der Waals surface area contributed by atoms with E-state index in [1.165, 1.54) is 6.20 Å². The quantitative estimate of drug-likeness (QED) is 0.737. The van der Waals surface area contributed by atoms with E-state index in [9.17, 15) is 0 Å². The molecule has 0 aromatic carbocycles. The number of imidazole rings is 1. The van der Waals surface area contributed by atoms with Crippen LogP contribution in [0.15, 0.2) is 6.20 Å². The van der Waals surface area contributed by atoms with Gasteiger partial charge in [0.15, 0.2) is 0 Å². The molecule has 0 spiro atoms. The molecule has 0 aliphatic heterocycles. The van der Waals surface area contributed by atoms with Gasteiger partial charge in [-0.15, -0.1) is 0 Å². The van der Waals surface area contributed by atoms with Crippen LogP contribution in [0.25, 0.3) is 0 Å². The molecule has 1 unspecified atom stereocenters. The first-order chi connectivity index (χ1) is 5.95. The van der Waals surface area contributed by atoms with Gasteiger partial charge in [0.2, 0.25) is 5.88 Å². The van der Waals surface area contributed by atoms with Crippen molar-refractivity contribution >= 4 is 0 Å².